The summed E-state index contributed by atoms with van der Waals surface area (Å²) in [6, 6.07) is 11.6. The number of aryl methyl sites for hydroxylation is 2. The Morgan fingerprint density at radius 1 is 1.10 bits per heavy atom. The second kappa shape index (κ2) is 5.33. The molecule has 2 aromatic carbocycles. The van der Waals surface area contributed by atoms with Gasteiger partial charge in [-0.2, -0.15) is 0 Å². The molecule has 0 fully saturated rings. The topological polar surface area (TPSA) is 50.9 Å². The van der Waals surface area contributed by atoms with Gasteiger partial charge in [0.15, 0.2) is 0 Å². The number of rotatable bonds is 2. The zero-order valence-electron chi connectivity index (χ0n) is 11.0. The molecule has 0 bridgehead atoms. The number of hydrogen-bond donors (Lipinski definition) is 1. The predicted octanol–water partition coefficient (Wildman–Crippen LogP) is 3.63. The van der Waals surface area contributed by atoms with Crippen molar-refractivity contribution in [1.82, 2.24) is 15.0 Å². The van der Waals surface area contributed by atoms with E-state index in [2.05, 4.69) is 10.2 Å². The fourth-order valence-corrected chi connectivity index (χ4v) is 2.22. The van der Waals surface area contributed by atoms with Gasteiger partial charge in [-0.25, -0.2) is 0 Å². The summed E-state index contributed by atoms with van der Waals surface area (Å²) in [6.07, 6.45) is 0.779. The fraction of sp³-hybridized carbons (Fsp3) is 0.250. The van der Waals surface area contributed by atoms with Gasteiger partial charge in [0.2, 0.25) is 0 Å². The van der Waals surface area contributed by atoms with E-state index in [1.54, 1.807) is 0 Å². The van der Waals surface area contributed by atoms with Gasteiger partial charge in [0.1, 0.15) is 22.5 Å². The third kappa shape index (κ3) is 2.25. The van der Waals surface area contributed by atoms with Gasteiger partial charge in [0.25, 0.3) is 0 Å². The zero-order chi connectivity index (χ0) is 13.4. The van der Waals surface area contributed by atoms with Crippen LogP contribution in [0.1, 0.15) is 25.5 Å². The Balaban J connectivity index is 0.00000147. The number of hydrogen-bond acceptors (Lipinski definition) is 3. The van der Waals surface area contributed by atoms with Crippen molar-refractivity contribution in [3.8, 4) is 11.4 Å². The highest BCUT2D eigenvalue weighted by molar-refractivity contribution is 5.73. The molecule has 20 heavy (non-hydrogen) atoms. The molecule has 0 spiro atoms. The van der Waals surface area contributed by atoms with Gasteiger partial charge in [-0.15, -0.1) is 15.0 Å². The molecule has 0 aliphatic heterocycles. The van der Waals surface area contributed by atoms with Crippen LogP contribution in [0.15, 0.2) is 36.4 Å². The van der Waals surface area contributed by atoms with Crippen LogP contribution >= 0.6 is 0 Å². The van der Waals surface area contributed by atoms with Crippen molar-refractivity contribution in [1.29, 1.82) is 0 Å². The molecular weight excluding hydrogens is 250 g/mol. The Labute approximate surface area is 118 Å². The first kappa shape index (κ1) is 14.1. The van der Waals surface area contributed by atoms with Crippen molar-refractivity contribution >= 4 is 11.0 Å². The molecule has 1 heterocycles. The van der Waals surface area contributed by atoms with E-state index in [4.69, 9.17) is 0 Å². The van der Waals surface area contributed by atoms with E-state index in [1.165, 1.54) is 4.80 Å². The third-order valence-corrected chi connectivity index (χ3v) is 3.20. The highest BCUT2D eigenvalue weighted by Gasteiger charge is 2.12. The molecule has 3 rings (SSSR count). The lowest BCUT2D eigenvalue weighted by molar-refractivity contribution is 0.461. The van der Waals surface area contributed by atoms with E-state index in [0.717, 1.165) is 28.6 Å². The van der Waals surface area contributed by atoms with E-state index >= 15 is 0 Å². The minimum Gasteiger partial charge on any atom is -0.505 e. The Bertz CT molecular complexity index is 714. The lowest BCUT2D eigenvalue weighted by atomic mass is 10.1. The number of fused-ring (bicyclic) bond motifs is 1. The van der Waals surface area contributed by atoms with Crippen molar-refractivity contribution in [2.24, 2.45) is 0 Å². The monoisotopic (exact) mass is 269 g/mol. The molecule has 0 aliphatic carbocycles. The molecule has 0 amide bonds. The molecule has 3 aromatic rings. The molecule has 0 atom stereocenters. The van der Waals surface area contributed by atoms with Gasteiger partial charge in [0, 0.05) is 0 Å². The van der Waals surface area contributed by atoms with Crippen LogP contribution < -0.4 is 0 Å². The van der Waals surface area contributed by atoms with Gasteiger partial charge in [-0.1, -0.05) is 32.5 Å². The number of benzene rings is 2. The van der Waals surface area contributed by atoms with Crippen molar-refractivity contribution in [2.75, 3.05) is 0 Å². The summed E-state index contributed by atoms with van der Waals surface area (Å²) >= 11 is 0. The largest absolute Gasteiger partial charge is 0.505 e. The fourth-order valence-electron chi connectivity index (χ4n) is 2.22. The average molecular weight is 269 g/mol. The molecule has 0 saturated heterocycles. The maximum Gasteiger partial charge on any atom is 0.146 e. The van der Waals surface area contributed by atoms with E-state index in [0.29, 0.717) is 5.69 Å². The first-order valence-electron chi connectivity index (χ1n) is 6.34. The second-order valence-corrected chi connectivity index (χ2v) is 4.62. The minimum atomic E-state index is 0. The quantitative estimate of drug-likeness (QED) is 0.772. The zero-order valence-corrected chi connectivity index (χ0v) is 11.0. The Hall–Kier alpha value is -2.36. The molecule has 0 aliphatic rings. The van der Waals surface area contributed by atoms with Gasteiger partial charge in [0.05, 0.1) is 0 Å². The molecule has 1 N–H and O–H groups in total. The SMILES string of the molecule is C.CCc1cc(C)cc(-n2nc3ccccc3n2)c1O. The maximum atomic E-state index is 10.3. The molecule has 1 aromatic heterocycles. The highest BCUT2D eigenvalue weighted by atomic mass is 16.3. The van der Waals surface area contributed by atoms with Gasteiger partial charge < -0.3 is 5.11 Å². The summed E-state index contributed by atoms with van der Waals surface area (Å²) in [5.41, 5.74) is 4.28. The number of phenols is 1. The van der Waals surface area contributed by atoms with Crippen LogP contribution in [0, 0.1) is 6.92 Å². The van der Waals surface area contributed by atoms with Gasteiger partial charge >= 0.3 is 0 Å². The van der Waals surface area contributed by atoms with Crippen LogP contribution in [0.4, 0.5) is 0 Å². The van der Waals surface area contributed by atoms with E-state index in [9.17, 15) is 5.11 Å². The van der Waals surface area contributed by atoms with Gasteiger partial charge in [-0.3, -0.25) is 0 Å². The number of nitrogens with zero attached hydrogens (tertiary/aromatic N) is 3. The number of aromatic nitrogens is 3. The number of aromatic hydroxyl groups is 1. The Morgan fingerprint density at radius 3 is 2.25 bits per heavy atom. The smallest absolute Gasteiger partial charge is 0.146 e. The first-order chi connectivity index (χ1) is 9.19. The molecular formula is C16H19N3O. The minimum absolute atomic E-state index is 0. The lowest BCUT2D eigenvalue weighted by Crippen LogP contribution is -2.01. The summed E-state index contributed by atoms with van der Waals surface area (Å²) in [5, 5.41) is 19.1. The van der Waals surface area contributed by atoms with Crippen LogP contribution in [-0.2, 0) is 6.42 Å². The van der Waals surface area contributed by atoms with Crippen LogP contribution in [0.2, 0.25) is 0 Å². The second-order valence-electron chi connectivity index (χ2n) is 4.62. The summed E-state index contributed by atoms with van der Waals surface area (Å²) < 4.78 is 0. The Morgan fingerprint density at radius 2 is 1.70 bits per heavy atom. The number of phenolic OH excluding ortho intramolecular Hbond substituents is 1. The van der Waals surface area contributed by atoms with E-state index in [-0.39, 0.29) is 13.2 Å². The summed E-state index contributed by atoms with van der Waals surface area (Å²) in [5.74, 6) is 0.258. The van der Waals surface area contributed by atoms with E-state index < -0.39 is 0 Å². The summed E-state index contributed by atoms with van der Waals surface area (Å²) in [4.78, 5) is 1.51. The van der Waals surface area contributed by atoms with Gasteiger partial charge in [-0.05, 0) is 42.7 Å². The summed E-state index contributed by atoms with van der Waals surface area (Å²) in [7, 11) is 0. The normalized spacial score (nSPS) is 10.5. The molecule has 4 heteroatoms. The Kier molecular flexibility index (Phi) is 3.74. The molecule has 4 nitrogen and oxygen atoms in total. The van der Waals surface area contributed by atoms with Crippen LogP contribution in [0.3, 0.4) is 0 Å². The molecule has 0 unspecified atom stereocenters. The predicted molar refractivity (Wildman–Crippen MR) is 81.4 cm³/mol. The molecule has 104 valence electrons. The summed E-state index contributed by atoms with van der Waals surface area (Å²) in [6.45, 7) is 4.02. The maximum absolute atomic E-state index is 10.3. The van der Waals surface area contributed by atoms with Crippen LogP contribution in [0.5, 0.6) is 5.75 Å². The highest BCUT2D eigenvalue weighted by Crippen LogP contribution is 2.28. The van der Waals surface area contributed by atoms with Crippen molar-refractivity contribution < 1.29 is 5.11 Å². The van der Waals surface area contributed by atoms with Crippen LogP contribution in [0.25, 0.3) is 16.7 Å². The average Bonchev–Trinajstić information content (AvgIpc) is 2.84. The lowest BCUT2D eigenvalue weighted by Gasteiger charge is -2.09. The third-order valence-electron chi connectivity index (χ3n) is 3.20. The van der Waals surface area contributed by atoms with Crippen LogP contribution in [-0.4, -0.2) is 20.1 Å². The molecule has 0 radical (unpaired) electrons. The van der Waals surface area contributed by atoms with Crippen molar-refractivity contribution in [2.45, 2.75) is 27.7 Å². The molecule has 0 saturated carbocycles. The standard InChI is InChI=1S/C15H15N3O.CH4/c1-3-11-8-10(2)9-14(15(11)19)18-16-12-6-4-5-7-13(12)17-18;/h4-9,19H,3H2,1-2H3;1H4. The van der Waals surface area contributed by atoms with Crippen molar-refractivity contribution in [3.63, 3.8) is 0 Å². The van der Waals surface area contributed by atoms with Crippen molar-refractivity contribution in [3.05, 3.63) is 47.5 Å². The first-order valence-corrected chi connectivity index (χ1v) is 6.34. The van der Waals surface area contributed by atoms with E-state index in [1.807, 2.05) is 50.2 Å².